The third kappa shape index (κ3) is 4.66. The van der Waals surface area contributed by atoms with Crippen molar-refractivity contribution in [2.75, 3.05) is 6.61 Å². The van der Waals surface area contributed by atoms with Crippen molar-refractivity contribution in [3.63, 3.8) is 0 Å². The molecule has 0 aromatic heterocycles. The van der Waals surface area contributed by atoms with E-state index in [9.17, 15) is 0 Å². The molecule has 0 saturated carbocycles. The molecule has 0 rings (SSSR count). The first kappa shape index (κ1) is 9.17. The molecule has 0 aromatic carbocycles. The van der Waals surface area contributed by atoms with Gasteiger partial charge in [0, 0.05) is 10.2 Å². The first-order valence-electron chi connectivity index (χ1n) is 2.81. The van der Waals surface area contributed by atoms with Gasteiger partial charge in [0.25, 0.3) is 0 Å². The summed E-state index contributed by atoms with van der Waals surface area (Å²) >= 11 is 2.21. The Labute approximate surface area is 69.6 Å². The molecule has 0 unspecified atom stereocenters. The fourth-order valence-corrected chi connectivity index (χ4v) is 0.677. The van der Waals surface area contributed by atoms with E-state index in [0.29, 0.717) is 0 Å². The Bertz CT molecular complexity index is 127. The van der Waals surface area contributed by atoms with Crippen LogP contribution in [-0.2, 0) is 0 Å². The number of aliphatic hydroxyl groups is 1. The van der Waals surface area contributed by atoms with E-state index >= 15 is 0 Å². The summed E-state index contributed by atoms with van der Waals surface area (Å²) in [5.41, 5.74) is 1.06. The largest absolute Gasteiger partial charge is 0.396 e. The summed E-state index contributed by atoms with van der Waals surface area (Å²) in [4.78, 5) is 0. The van der Waals surface area contributed by atoms with Gasteiger partial charge in [0.1, 0.15) is 0 Å². The molecule has 0 amide bonds. The molecule has 0 atom stereocenters. The van der Waals surface area contributed by atoms with Crippen molar-refractivity contribution >= 4 is 22.6 Å². The zero-order valence-electron chi connectivity index (χ0n) is 5.52. The monoisotopic (exact) mass is 238 g/mol. The summed E-state index contributed by atoms with van der Waals surface area (Å²) in [5, 5.41) is 8.42. The van der Waals surface area contributed by atoms with Crippen LogP contribution in [0.2, 0.25) is 0 Å². The molecule has 0 bridgehead atoms. The normalized spacial score (nSPS) is 11.7. The predicted octanol–water partition coefficient (Wildman–Crippen LogP) is 2.26. The van der Waals surface area contributed by atoms with Crippen LogP contribution in [0.1, 0.15) is 13.3 Å². The molecular formula is C7H11IO. The van der Waals surface area contributed by atoms with Gasteiger partial charge in [0.2, 0.25) is 0 Å². The maximum atomic E-state index is 8.42. The number of rotatable bonds is 3. The molecule has 2 heteroatoms. The Balaban J connectivity index is 3.69. The summed E-state index contributed by atoms with van der Waals surface area (Å²) in [7, 11) is 0. The van der Waals surface area contributed by atoms with Crippen LogP contribution in [0.3, 0.4) is 0 Å². The van der Waals surface area contributed by atoms with Gasteiger partial charge in [-0.3, -0.25) is 0 Å². The number of hydrogen-bond acceptors (Lipinski definition) is 1. The SMILES string of the molecule is C=C(C)/C(I)=C\CCO. The molecule has 0 saturated heterocycles. The summed E-state index contributed by atoms with van der Waals surface area (Å²) in [6.07, 6.45) is 2.70. The molecule has 0 aliphatic carbocycles. The highest BCUT2D eigenvalue weighted by molar-refractivity contribution is 14.1. The lowest BCUT2D eigenvalue weighted by atomic mass is 10.3. The van der Waals surface area contributed by atoms with Crippen LogP contribution in [0.5, 0.6) is 0 Å². The van der Waals surface area contributed by atoms with Crippen LogP contribution in [-0.4, -0.2) is 11.7 Å². The minimum Gasteiger partial charge on any atom is -0.396 e. The fourth-order valence-electron chi connectivity index (χ4n) is 0.366. The Morgan fingerprint density at radius 1 is 1.78 bits per heavy atom. The van der Waals surface area contributed by atoms with Gasteiger partial charge in [-0.25, -0.2) is 0 Å². The average molecular weight is 238 g/mol. The standard InChI is InChI=1S/C7H11IO/c1-6(2)7(8)4-3-5-9/h4,9H,1,3,5H2,2H3/b7-4+. The van der Waals surface area contributed by atoms with Gasteiger partial charge in [-0.05, 0) is 41.5 Å². The first-order valence-corrected chi connectivity index (χ1v) is 3.88. The Hall–Kier alpha value is 0.170. The van der Waals surface area contributed by atoms with E-state index in [1.54, 1.807) is 0 Å². The number of allylic oxidation sites excluding steroid dienone is 2. The molecule has 1 nitrogen and oxygen atoms in total. The molecule has 0 aromatic rings. The molecule has 1 N–H and O–H groups in total. The van der Waals surface area contributed by atoms with E-state index in [0.717, 1.165) is 15.6 Å². The van der Waals surface area contributed by atoms with Gasteiger partial charge in [0.15, 0.2) is 0 Å². The number of hydrogen-bond donors (Lipinski definition) is 1. The van der Waals surface area contributed by atoms with E-state index in [4.69, 9.17) is 5.11 Å². The first-order chi connectivity index (χ1) is 4.18. The van der Waals surface area contributed by atoms with Crippen LogP contribution < -0.4 is 0 Å². The maximum Gasteiger partial charge on any atom is 0.0466 e. The summed E-state index contributed by atoms with van der Waals surface area (Å²) < 4.78 is 1.14. The van der Waals surface area contributed by atoms with E-state index in [-0.39, 0.29) is 6.61 Å². The van der Waals surface area contributed by atoms with Crippen LogP contribution in [0.15, 0.2) is 21.8 Å². The van der Waals surface area contributed by atoms with E-state index in [2.05, 4.69) is 29.2 Å². The molecule has 9 heavy (non-hydrogen) atoms. The molecule has 0 aliphatic heterocycles. The fraction of sp³-hybridized carbons (Fsp3) is 0.429. The van der Waals surface area contributed by atoms with Crippen molar-refractivity contribution in [1.82, 2.24) is 0 Å². The third-order valence-electron chi connectivity index (χ3n) is 0.860. The van der Waals surface area contributed by atoms with Crippen molar-refractivity contribution in [2.45, 2.75) is 13.3 Å². The van der Waals surface area contributed by atoms with E-state index < -0.39 is 0 Å². The molecule has 0 spiro atoms. The molecule has 0 fully saturated rings. The van der Waals surface area contributed by atoms with Gasteiger partial charge in [0.05, 0.1) is 0 Å². The van der Waals surface area contributed by atoms with E-state index in [1.807, 2.05) is 13.0 Å². The highest BCUT2D eigenvalue weighted by atomic mass is 127. The summed E-state index contributed by atoms with van der Waals surface area (Å²) in [5.74, 6) is 0. The lowest BCUT2D eigenvalue weighted by molar-refractivity contribution is 0.302. The molecule has 52 valence electrons. The quantitative estimate of drug-likeness (QED) is 0.590. The van der Waals surface area contributed by atoms with Crippen molar-refractivity contribution in [2.24, 2.45) is 0 Å². The second kappa shape index (κ2) is 4.99. The van der Waals surface area contributed by atoms with Crippen molar-refractivity contribution in [1.29, 1.82) is 0 Å². The number of halogens is 1. The van der Waals surface area contributed by atoms with Crippen LogP contribution in [0.25, 0.3) is 0 Å². The summed E-state index contributed by atoms with van der Waals surface area (Å²) in [6, 6.07) is 0. The van der Waals surface area contributed by atoms with Gasteiger partial charge >= 0.3 is 0 Å². The zero-order chi connectivity index (χ0) is 7.28. The van der Waals surface area contributed by atoms with Gasteiger partial charge < -0.3 is 5.11 Å². The van der Waals surface area contributed by atoms with Crippen molar-refractivity contribution in [3.8, 4) is 0 Å². The summed E-state index contributed by atoms with van der Waals surface area (Å²) in [6.45, 7) is 5.93. The maximum absolute atomic E-state index is 8.42. The Morgan fingerprint density at radius 2 is 2.33 bits per heavy atom. The molecular weight excluding hydrogens is 227 g/mol. The lowest BCUT2D eigenvalue weighted by Gasteiger charge is -1.93. The topological polar surface area (TPSA) is 20.2 Å². The third-order valence-corrected chi connectivity index (χ3v) is 2.22. The Kier molecular flexibility index (Phi) is 5.09. The van der Waals surface area contributed by atoms with Gasteiger partial charge in [-0.2, -0.15) is 0 Å². The predicted molar refractivity (Wildman–Crippen MR) is 48.6 cm³/mol. The van der Waals surface area contributed by atoms with Gasteiger partial charge in [-0.1, -0.05) is 12.7 Å². The molecule has 0 heterocycles. The van der Waals surface area contributed by atoms with Crippen molar-refractivity contribution < 1.29 is 5.11 Å². The molecule has 0 aliphatic rings. The highest BCUT2D eigenvalue weighted by Crippen LogP contribution is 2.15. The Morgan fingerprint density at radius 3 is 2.67 bits per heavy atom. The molecule has 0 radical (unpaired) electrons. The zero-order valence-corrected chi connectivity index (χ0v) is 7.68. The minimum atomic E-state index is 0.222. The van der Waals surface area contributed by atoms with Crippen molar-refractivity contribution in [3.05, 3.63) is 21.8 Å². The second-order valence-corrected chi connectivity index (χ2v) is 3.01. The van der Waals surface area contributed by atoms with Crippen LogP contribution in [0.4, 0.5) is 0 Å². The lowest BCUT2D eigenvalue weighted by Crippen LogP contribution is -1.78. The van der Waals surface area contributed by atoms with Crippen LogP contribution >= 0.6 is 22.6 Å². The second-order valence-electron chi connectivity index (χ2n) is 1.84. The van der Waals surface area contributed by atoms with Gasteiger partial charge in [-0.15, -0.1) is 0 Å². The van der Waals surface area contributed by atoms with Crippen LogP contribution in [0, 0.1) is 0 Å². The van der Waals surface area contributed by atoms with E-state index in [1.165, 1.54) is 0 Å². The highest BCUT2D eigenvalue weighted by Gasteiger charge is 1.88. The minimum absolute atomic E-state index is 0.222. The number of aliphatic hydroxyl groups excluding tert-OH is 1. The average Bonchev–Trinajstić information content (AvgIpc) is 1.82. The smallest absolute Gasteiger partial charge is 0.0466 e.